The number of hydrogen-bond acceptors (Lipinski definition) is 4. The Hall–Kier alpha value is -3.45. The van der Waals surface area contributed by atoms with Gasteiger partial charge in [-0.1, -0.05) is 41.1 Å². The van der Waals surface area contributed by atoms with Gasteiger partial charge in [0.25, 0.3) is 0 Å². The van der Waals surface area contributed by atoms with Gasteiger partial charge in [0.1, 0.15) is 6.54 Å². The molecule has 0 aliphatic heterocycles. The van der Waals surface area contributed by atoms with Gasteiger partial charge < -0.3 is 4.90 Å². The minimum absolute atomic E-state index is 0.0958. The third kappa shape index (κ3) is 4.10. The Kier molecular flexibility index (Phi) is 5.16. The van der Waals surface area contributed by atoms with Crippen molar-refractivity contribution in [3.63, 3.8) is 0 Å². The number of carbonyl (C=O) groups is 1. The van der Waals surface area contributed by atoms with Gasteiger partial charge in [0, 0.05) is 28.7 Å². The van der Waals surface area contributed by atoms with Crippen molar-refractivity contribution in [2.75, 3.05) is 4.90 Å². The van der Waals surface area contributed by atoms with Crippen molar-refractivity contribution < 1.29 is 4.79 Å². The second kappa shape index (κ2) is 8.06. The van der Waals surface area contributed by atoms with E-state index in [1.165, 1.54) is 4.68 Å². The molecule has 8 heteroatoms. The number of nitrogens with zero attached hydrogens (tertiary/aromatic N) is 5. The number of amides is 1. The highest BCUT2D eigenvalue weighted by Crippen LogP contribution is 2.24. The zero-order valence-corrected chi connectivity index (χ0v) is 15.6. The smallest absolute Gasteiger partial charge is 0.249 e. The van der Waals surface area contributed by atoms with E-state index in [4.69, 9.17) is 11.6 Å². The number of halogens is 1. The van der Waals surface area contributed by atoms with E-state index >= 15 is 0 Å². The predicted octanol–water partition coefficient (Wildman–Crippen LogP) is 3.56. The highest BCUT2D eigenvalue weighted by molar-refractivity contribution is 6.30. The van der Waals surface area contributed by atoms with Crippen molar-refractivity contribution >= 4 is 23.2 Å². The van der Waals surface area contributed by atoms with E-state index in [9.17, 15) is 4.79 Å². The van der Waals surface area contributed by atoms with E-state index < -0.39 is 0 Å². The molecule has 7 nitrogen and oxygen atoms in total. The van der Waals surface area contributed by atoms with Gasteiger partial charge in [-0.3, -0.25) is 9.89 Å². The molecule has 28 heavy (non-hydrogen) atoms. The molecular formula is C20H17ClN6O. The summed E-state index contributed by atoms with van der Waals surface area (Å²) in [4.78, 5) is 14.7. The summed E-state index contributed by atoms with van der Waals surface area (Å²) < 4.78 is 1.51. The quantitative estimate of drug-likeness (QED) is 0.544. The summed E-state index contributed by atoms with van der Waals surface area (Å²) in [6, 6.07) is 15.3. The summed E-state index contributed by atoms with van der Waals surface area (Å²) in [5, 5.41) is 15.1. The average Bonchev–Trinajstić information content (AvgIpc) is 3.40. The SMILES string of the molecule is O=C(Cn1ccnn1)N(Cc1cccc(Cl)c1)c1ccc(-c2cn[nH]c2)cc1. The largest absolute Gasteiger partial charge is 0.306 e. The molecule has 0 bridgehead atoms. The molecule has 0 aliphatic carbocycles. The molecule has 0 aliphatic rings. The Morgan fingerprint density at radius 1 is 1.14 bits per heavy atom. The first-order valence-electron chi connectivity index (χ1n) is 8.67. The van der Waals surface area contributed by atoms with E-state index in [1.807, 2.05) is 54.7 Å². The maximum atomic E-state index is 13.0. The third-order valence-electron chi connectivity index (χ3n) is 4.31. The second-order valence-electron chi connectivity index (χ2n) is 6.24. The van der Waals surface area contributed by atoms with Crippen LogP contribution in [0, 0.1) is 0 Å². The van der Waals surface area contributed by atoms with Gasteiger partial charge >= 0.3 is 0 Å². The molecule has 0 radical (unpaired) electrons. The highest BCUT2D eigenvalue weighted by Gasteiger charge is 2.18. The van der Waals surface area contributed by atoms with Crippen molar-refractivity contribution in [3.05, 3.63) is 83.9 Å². The van der Waals surface area contributed by atoms with Crippen LogP contribution in [-0.2, 0) is 17.9 Å². The zero-order chi connectivity index (χ0) is 19.3. The molecule has 0 saturated carbocycles. The molecule has 2 heterocycles. The number of carbonyl (C=O) groups excluding carboxylic acids is 1. The van der Waals surface area contributed by atoms with Gasteiger partial charge in [-0.15, -0.1) is 5.10 Å². The summed E-state index contributed by atoms with van der Waals surface area (Å²) >= 11 is 6.11. The predicted molar refractivity (Wildman–Crippen MR) is 107 cm³/mol. The summed E-state index contributed by atoms with van der Waals surface area (Å²) in [5.41, 5.74) is 3.74. The lowest BCUT2D eigenvalue weighted by Crippen LogP contribution is -2.33. The molecule has 0 unspecified atom stereocenters. The van der Waals surface area contributed by atoms with Crippen LogP contribution in [0.25, 0.3) is 11.1 Å². The highest BCUT2D eigenvalue weighted by atomic mass is 35.5. The molecule has 4 aromatic rings. The molecule has 0 saturated heterocycles. The van der Waals surface area contributed by atoms with Crippen LogP contribution < -0.4 is 4.90 Å². The number of anilines is 1. The summed E-state index contributed by atoms with van der Waals surface area (Å²) in [6.07, 6.45) is 6.80. The molecule has 0 fully saturated rings. The number of H-pyrrole nitrogens is 1. The maximum absolute atomic E-state index is 13.0. The average molecular weight is 393 g/mol. The lowest BCUT2D eigenvalue weighted by atomic mass is 10.1. The third-order valence-corrected chi connectivity index (χ3v) is 4.55. The Labute approximate surface area is 166 Å². The summed E-state index contributed by atoms with van der Waals surface area (Å²) in [5.74, 6) is -0.0958. The van der Waals surface area contributed by atoms with Crippen LogP contribution in [0.2, 0.25) is 5.02 Å². The molecule has 0 spiro atoms. The van der Waals surface area contributed by atoms with Crippen LogP contribution in [0.1, 0.15) is 5.56 Å². The Morgan fingerprint density at radius 2 is 2.00 bits per heavy atom. The molecule has 2 aromatic heterocycles. The number of nitrogens with one attached hydrogen (secondary N) is 1. The van der Waals surface area contributed by atoms with Gasteiger partial charge in [0.05, 0.1) is 18.9 Å². The Morgan fingerprint density at radius 3 is 2.68 bits per heavy atom. The Balaban J connectivity index is 1.62. The van der Waals surface area contributed by atoms with Crippen molar-refractivity contribution in [2.24, 2.45) is 0 Å². The first-order chi connectivity index (χ1) is 13.7. The van der Waals surface area contributed by atoms with Crippen molar-refractivity contribution in [3.8, 4) is 11.1 Å². The minimum atomic E-state index is -0.0958. The van der Waals surface area contributed by atoms with Crippen LogP contribution in [-0.4, -0.2) is 31.1 Å². The van der Waals surface area contributed by atoms with Gasteiger partial charge in [-0.25, -0.2) is 4.68 Å². The topological polar surface area (TPSA) is 79.7 Å². The molecule has 4 rings (SSSR count). The normalized spacial score (nSPS) is 10.8. The second-order valence-corrected chi connectivity index (χ2v) is 6.68. The molecule has 1 N–H and O–H groups in total. The zero-order valence-electron chi connectivity index (χ0n) is 14.9. The van der Waals surface area contributed by atoms with Gasteiger partial charge in [-0.2, -0.15) is 5.10 Å². The van der Waals surface area contributed by atoms with Crippen LogP contribution in [0.3, 0.4) is 0 Å². The van der Waals surface area contributed by atoms with E-state index in [1.54, 1.807) is 23.5 Å². The number of rotatable bonds is 6. The number of benzene rings is 2. The van der Waals surface area contributed by atoms with Gasteiger partial charge in [-0.05, 0) is 35.4 Å². The molecule has 2 aromatic carbocycles. The summed E-state index contributed by atoms with van der Waals surface area (Å²) in [7, 11) is 0. The fourth-order valence-electron chi connectivity index (χ4n) is 2.92. The van der Waals surface area contributed by atoms with E-state index in [-0.39, 0.29) is 12.5 Å². The minimum Gasteiger partial charge on any atom is -0.306 e. The first kappa shape index (κ1) is 17.9. The molecular weight excluding hydrogens is 376 g/mol. The van der Waals surface area contributed by atoms with Crippen LogP contribution in [0.4, 0.5) is 5.69 Å². The van der Waals surface area contributed by atoms with Crippen molar-refractivity contribution in [1.29, 1.82) is 0 Å². The first-order valence-corrected chi connectivity index (χ1v) is 9.05. The van der Waals surface area contributed by atoms with Crippen molar-refractivity contribution in [2.45, 2.75) is 13.1 Å². The molecule has 0 atom stereocenters. The lowest BCUT2D eigenvalue weighted by molar-refractivity contribution is -0.119. The monoisotopic (exact) mass is 392 g/mol. The van der Waals surface area contributed by atoms with Crippen LogP contribution in [0.5, 0.6) is 0 Å². The maximum Gasteiger partial charge on any atom is 0.249 e. The van der Waals surface area contributed by atoms with Crippen molar-refractivity contribution in [1.82, 2.24) is 25.2 Å². The van der Waals surface area contributed by atoms with E-state index in [0.29, 0.717) is 11.6 Å². The fourth-order valence-corrected chi connectivity index (χ4v) is 3.14. The number of aromatic amines is 1. The van der Waals surface area contributed by atoms with Crippen LogP contribution in [0.15, 0.2) is 73.3 Å². The fraction of sp³-hybridized carbons (Fsp3) is 0.100. The Bertz CT molecular complexity index is 1040. The van der Waals surface area contributed by atoms with Gasteiger partial charge in [0.2, 0.25) is 5.91 Å². The van der Waals surface area contributed by atoms with Gasteiger partial charge in [0.15, 0.2) is 0 Å². The molecule has 140 valence electrons. The lowest BCUT2D eigenvalue weighted by Gasteiger charge is -2.23. The van der Waals surface area contributed by atoms with E-state index in [2.05, 4.69) is 20.5 Å². The summed E-state index contributed by atoms with van der Waals surface area (Å²) in [6.45, 7) is 0.503. The number of aromatic nitrogens is 5. The number of hydrogen-bond donors (Lipinski definition) is 1. The van der Waals surface area contributed by atoms with Crippen LogP contribution >= 0.6 is 11.6 Å². The standard InChI is InChI=1S/C20H17ClN6O/c21-18-3-1-2-15(10-18)13-27(20(28)14-26-9-8-22-25-26)19-6-4-16(5-7-19)17-11-23-24-12-17/h1-12H,13-14H2,(H,23,24). The van der Waals surface area contributed by atoms with E-state index in [0.717, 1.165) is 22.4 Å². The molecule has 1 amide bonds.